The summed E-state index contributed by atoms with van der Waals surface area (Å²) < 4.78 is 21.5. The van der Waals surface area contributed by atoms with Crippen LogP contribution in [0.1, 0.15) is 23.1 Å². The fraction of sp³-hybridized carbons (Fsp3) is 0.350. The van der Waals surface area contributed by atoms with Crippen molar-refractivity contribution in [2.24, 2.45) is 0 Å². The molecule has 0 heterocycles. The van der Waals surface area contributed by atoms with Crippen molar-refractivity contribution in [3.8, 4) is 23.0 Å². The molecule has 0 N–H and O–H groups in total. The first kappa shape index (κ1) is 19.9. The maximum atomic E-state index is 12.3. The van der Waals surface area contributed by atoms with E-state index in [4.69, 9.17) is 30.5 Å². The van der Waals surface area contributed by atoms with Crippen LogP contribution in [0.5, 0.6) is 23.0 Å². The Kier molecular flexibility index (Phi) is 6.75. The first-order valence-electron chi connectivity index (χ1n) is 8.15. The van der Waals surface area contributed by atoms with Crippen LogP contribution in [0, 0.1) is 13.8 Å². The molecule has 0 bridgehead atoms. The molecule has 0 spiro atoms. The van der Waals surface area contributed by atoms with Gasteiger partial charge >= 0.3 is 5.97 Å². The highest BCUT2D eigenvalue weighted by molar-refractivity contribution is 6.30. The lowest BCUT2D eigenvalue weighted by Gasteiger charge is -2.14. The van der Waals surface area contributed by atoms with E-state index in [0.717, 1.165) is 16.7 Å². The number of benzene rings is 2. The predicted molar refractivity (Wildman–Crippen MR) is 101 cm³/mol. The van der Waals surface area contributed by atoms with Gasteiger partial charge in [0, 0.05) is 11.4 Å². The van der Waals surface area contributed by atoms with Crippen LogP contribution in [0.4, 0.5) is 0 Å². The molecule has 0 unspecified atom stereocenters. The fourth-order valence-electron chi connectivity index (χ4n) is 2.75. The second kappa shape index (κ2) is 8.81. The molecule has 0 atom stereocenters. The Balaban J connectivity index is 2.10. The van der Waals surface area contributed by atoms with Gasteiger partial charge in [-0.15, -0.1) is 0 Å². The predicted octanol–water partition coefficient (Wildman–Crippen LogP) is 4.52. The van der Waals surface area contributed by atoms with Crippen molar-refractivity contribution in [2.75, 3.05) is 21.3 Å². The SMILES string of the molecule is COc1cc(CCC(=O)Oc2c(C)cc(Cl)cc2C)cc(OC)c1OC. The number of ether oxygens (including phenoxy) is 4. The molecule has 2 rings (SSSR count). The molecule has 0 saturated carbocycles. The second-order valence-corrected chi connectivity index (χ2v) is 6.31. The molecule has 140 valence electrons. The van der Waals surface area contributed by atoms with Crippen LogP contribution in [-0.2, 0) is 11.2 Å². The molecule has 5 nitrogen and oxygen atoms in total. The van der Waals surface area contributed by atoms with E-state index in [1.54, 1.807) is 33.5 Å². The third kappa shape index (κ3) is 4.61. The Labute approximate surface area is 158 Å². The van der Waals surface area contributed by atoms with Gasteiger partial charge in [0.2, 0.25) is 5.75 Å². The molecule has 0 aliphatic carbocycles. The van der Waals surface area contributed by atoms with E-state index >= 15 is 0 Å². The number of aryl methyl sites for hydroxylation is 3. The van der Waals surface area contributed by atoms with Crippen molar-refractivity contribution in [3.05, 3.63) is 46.0 Å². The van der Waals surface area contributed by atoms with E-state index < -0.39 is 0 Å². The van der Waals surface area contributed by atoms with Gasteiger partial charge < -0.3 is 18.9 Å². The molecule has 0 amide bonds. The number of methoxy groups -OCH3 is 3. The minimum absolute atomic E-state index is 0.222. The van der Waals surface area contributed by atoms with Crippen LogP contribution < -0.4 is 18.9 Å². The minimum Gasteiger partial charge on any atom is -0.493 e. The van der Waals surface area contributed by atoms with Crippen molar-refractivity contribution >= 4 is 17.6 Å². The zero-order valence-corrected chi connectivity index (χ0v) is 16.4. The van der Waals surface area contributed by atoms with Gasteiger partial charge in [-0.2, -0.15) is 0 Å². The number of esters is 1. The number of hydrogen-bond donors (Lipinski definition) is 0. The highest BCUT2D eigenvalue weighted by Gasteiger charge is 2.15. The second-order valence-electron chi connectivity index (χ2n) is 5.88. The number of carbonyl (C=O) groups excluding carboxylic acids is 1. The van der Waals surface area contributed by atoms with Crippen molar-refractivity contribution in [2.45, 2.75) is 26.7 Å². The number of carbonyl (C=O) groups is 1. The van der Waals surface area contributed by atoms with E-state index in [2.05, 4.69) is 0 Å². The Morgan fingerprint density at radius 3 is 1.88 bits per heavy atom. The zero-order chi connectivity index (χ0) is 19.3. The summed E-state index contributed by atoms with van der Waals surface area (Å²) in [6.45, 7) is 3.72. The van der Waals surface area contributed by atoms with E-state index in [1.807, 2.05) is 26.0 Å². The lowest BCUT2D eigenvalue weighted by atomic mass is 10.1. The highest BCUT2D eigenvalue weighted by Crippen LogP contribution is 2.38. The average molecular weight is 379 g/mol. The quantitative estimate of drug-likeness (QED) is 0.523. The Bertz CT molecular complexity index is 753. The monoisotopic (exact) mass is 378 g/mol. The summed E-state index contributed by atoms with van der Waals surface area (Å²) >= 11 is 6.01. The third-order valence-corrected chi connectivity index (χ3v) is 4.20. The summed E-state index contributed by atoms with van der Waals surface area (Å²) in [4.78, 5) is 12.3. The van der Waals surface area contributed by atoms with Crippen LogP contribution >= 0.6 is 11.6 Å². The number of rotatable bonds is 7. The van der Waals surface area contributed by atoms with Gasteiger partial charge in [0.1, 0.15) is 5.75 Å². The molecule has 6 heteroatoms. The molecule has 0 aliphatic heterocycles. The third-order valence-electron chi connectivity index (χ3n) is 3.98. The molecular weight excluding hydrogens is 356 g/mol. The highest BCUT2D eigenvalue weighted by atomic mass is 35.5. The van der Waals surface area contributed by atoms with Crippen LogP contribution in [0.2, 0.25) is 5.02 Å². The number of halogens is 1. The summed E-state index contributed by atoms with van der Waals surface area (Å²) in [5.74, 6) is 1.88. The molecule has 0 fully saturated rings. The summed E-state index contributed by atoms with van der Waals surface area (Å²) in [6, 6.07) is 7.20. The Hall–Kier alpha value is -2.40. The molecule has 0 aromatic heterocycles. The van der Waals surface area contributed by atoms with Crippen molar-refractivity contribution < 1.29 is 23.7 Å². The van der Waals surface area contributed by atoms with Gasteiger partial charge in [0.25, 0.3) is 0 Å². The molecule has 0 radical (unpaired) electrons. The summed E-state index contributed by atoms with van der Waals surface area (Å²) in [7, 11) is 4.66. The van der Waals surface area contributed by atoms with E-state index in [0.29, 0.717) is 34.4 Å². The first-order chi connectivity index (χ1) is 12.4. The van der Waals surface area contributed by atoms with Gasteiger partial charge in [0.05, 0.1) is 21.3 Å². The molecule has 2 aromatic rings. The molecule has 26 heavy (non-hydrogen) atoms. The average Bonchev–Trinajstić information content (AvgIpc) is 2.61. The maximum absolute atomic E-state index is 12.3. The fourth-order valence-corrected chi connectivity index (χ4v) is 3.08. The Morgan fingerprint density at radius 2 is 1.42 bits per heavy atom. The molecular formula is C20H23ClO5. The summed E-state index contributed by atoms with van der Waals surface area (Å²) in [6.07, 6.45) is 0.710. The van der Waals surface area contributed by atoms with Crippen molar-refractivity contribution in [1.29, 1.82) is 0 Å². The van der Waals surface area contributed by atoms with Gasteiger partial charge in [-0.1, -0.05) is 11.6 Å². The van der Waals surface area contributed by atoms with Gasteiger partial charge in [0.15, 0.2) is 11.5 Å². The largest absolute Gasteiger partial charge is 0.493 e. The van der Waals surface area contributed by atoms with Crippen LogP contribution in [0.3, 0.4) is 0 Å². The summed E-state index contributed by atoms with van der Waals surface area (Å²) in [5, 5.41) is 0.622. The Morgan fingerprint density at radius 1 is 0.885 bits per heavy atom. The number of hydrogen-bond acceptors (Lipinski definition) is 5. The normalized spacial score (nSPS) is 10.4. The summed E-state index contributed by atoms with van der Waals surface area (Å²) in [5.41, 5.74) is 2.55. The van der Waals surface area contributed by atoms with Crippen LogP contribution in [-0.4, -0.2) is 27.3 Å². The zero-order valence-electron chi connectivity index (χ0n) is 15.6. The smallest absolute Gasteiger partial charge is 0.311 e. The molecule has 0 aliphatic rings. The minimum atomic E-state index is -0.313. The lowest BCUT2D eigenvalue weighted by molar-refractivity contribution is -0.134. The van der Waals surface area contributed by atoms with E-state index in [9.17, 15) is 4.79 Å². The molecule has 2 aromatic carbocycles. The van der Waals surface area contributed by atoms with Gasteiger partial charge in [-0.25, -0.2) is 0 Å². The topological polar surface area (TPSA) is 54.0 Å². The van der Waals surface area contributed by atoms with Crippen LogP contribution in [0.25, 0.3) is 0 Å². The lowest BCUT2D eigenvalue weighted by Crippen LogP contribution is -2.11. The van der Waals surface area contributed by atoms with E-state index in [-0.39, 0.29) is 12.4 Å². The standard InChI is InChI=1S/C20H23ClO5/c1-12-8-15(21)9-13(2)19(12)26-18(22)7-6-14-10-16(23-3)20(25-5)17(11-14)24-4/h8-11H,6-7H2,1-5H3. The molecule has 0 saturated heterocycles. The van der Waals surface area contributed by atoms with E-state index in [1.165, 1.54) is 0 Å². The van der Waals surface area contributed by atoms with Gasteiger partial charge in [-0.3, -0.25) is 4.79 Å². The van der Waals surface area contributed by atoms with Gasteiger partial charge in [-0.05, 0) is 61.2 Å². The van der Waals surface area contributed by atoms with Crippen molar-refractivity contribution in [3.63, 3.8) is 0 Å². The van der Waals surface area contributed by atoms with Crippen molar-refractivity contribution in [1.82, 2.24) is 0 Å². The first-order valence-corrected chi connectivity index (χ1v) is 8.53. The maximum Gasteiger partial charge on any atom is 0.311 e. The van der Waals surface area contributed by atoms with Crippen LogP contribution in [0.15, 0.2) is 24.3 Å².